The molecule has 0 aliphatic heterocycles. The summed E-state index contributed by atoms with van der Waals surface area (Å²) in [6.45, 7) is 6.45. The Hall–Kier alpha value is -2.53. The molecule has 26 heavy (non-hydrogen) atoms. The number of nitrogens with zero attached hydrogens (tertiary/aromatic N) is 2. The number of hydrogen-bond donors (Lipinski definition) is 1. The lowest BCUT2D eigenvalue weighted by Gasteiger charge is -2.16. The van der Waals surface area contributed by atoms with E-state index in [-0.39, 0.29) is 11.2 Å². The minimum Gasteiger partial charge on any atom is -0.324 e. The van der Waals surface area contributed by atoms with E-state index in [2.05, 4.69) is 41.7 Å². The van der Waals surface area contributed by atoms with E-state index in [9.17, 15) is 4.79 Å². The minimum atomic E-state index is -0.0987. The van der Waals surface area contributed by atoms with Crippen LogP contribution < -0.4 is 5.32 Å². The average Bonchev–Trinajstić information content (AvgIpc) is 3.11. The molecule has 2 aromatic carbocycles. The van der Waals surface area contributed by atoms with Crippen molar-refractivity contribution in [2.24, 2.45) is 0 Å². The lowest BCUT2D eigenvalue weighted by Crippen LogP contribution is -2.11. The molecule has 0 fully saturated rings. The predicted octanol–water partition coefficient (Wildman–Crippen LogP) is 5.57. The Morgan fingerprint density at radius 1 is 1.08 bits per heavy atom. The van der Waals surface area contributed by atoms with Crippen molar-refractivity contribution in [3.63, 3.8) is 0 Å². The maximum absolute atomic E-state index is 12.3. The summed E-state index contributed by atoms with van der Waals surface area (Å²) in [7, 11) is 0. The van der Waals surface area contributed by atoms with Gasteiger partial charge in [-0.2, -0.15) is 0 Å². The lowest BCUT2D eigenvalue weighted by atomic mass is 10.1. The highest BCUT2D eigenvalue weighted by Crippen LogP contribution is 2.35. The summed E-state index contributed by atoms with van der Waals surface area (Å²) in [5, 5.41) is 4.20. The van der Waals surface area contributed by atoms with Gasteiger partial charge in [-0.1, -0.05) is 42.1 Å². The molecule has 0 radical (unpaired) electrons. The molecule has 0 bridgehead atoms. The van der Waals surface area contributed by atoms with Gasteiger partial charge in [0.2, 0.25) is 0 Å². The van der Waals surface area contributed by atoms with Gasteiger partial charge in [0.25, 0.3) is 5.91 Å². The van der Waals surface area contributed by atoms with E-state index in [1.165, 1.54) is 0 Å². The normalized spacial score (nSPS) is 12.2. The Labute approximate surface area is 158 Å². The first-order chi connectivity index (χ1) is 12.5. The van der Waals surface area contributed by atoms with Crippen molar-refractivity contribution < 1.29 is 4.79 Å². The van der Waals surface area contributed by atoms with E-state index in [1.807, 2.05) is 60.9 Å². The Kier molecular flexibility index (Phi) is 5.78. The topological polar surface area (TPSA) is 46.9 Å². The van der Waals surface area contributed by atoms with Crippen LogP contribution in [0.1, 0.15) is 48.0 Å². The van der Waals surface area contributed by atoms with Gasteiger partial charge in [-0.15, -0.1) is 0 Å². The molecule has 1 heterocycles. The largest absolute Gasteiger partial charge is 0.324 e. The number of amides is 1. The molecular weight excluding hydrogens is 342 g/mol. The van der Waals surface area contributed by atoms with Crippen LogP contribution in [0.15, 0.2) is 72.1 Å². The van der Waals surface area contributed by atoms with Gasteiger partial charge in [0.05, 0.1) is 0 Å². The van der Waals surface area contributed by atoms with Crippen molar-refractivity contribution in [3.8, 4) is 0 Å². The van der Waals surface area contributed by atoms with Gasteiger partial charge in [-0.3, -0.25) is 4.79 Å². The molecule has 3 aromatic rings. The SMILES string of the molecule is CC(Sc1nccn1C(C)C)c1cccc(NC(=O)c2ccccc2)c1. The Morgan fingerprint density at radius 3 is 2.58 bits per heavy atom. The maximum atomic E-state index is 12.3. The molecule has 1 amide bonds. The molecule has 1 atom stereocenters. The van der Waals surface area contributed by atoms with Gasteiger partial charge in [-0.05, 0) is 50.6 Å². The molecule has 0 saturated heterocycles. The zero-order valence-corrected chi connectivity index (χ0v) is 16.0. The van der Waals surface area contributed by atoms with Crippen LogP contribution >= 0.6 is 11.8 Å². The summed E-state index contributed by atoms with van der Waals surface area (Å²) in [5.74, 6) is -0.0987. The molecule has 1 N–H and O–H groups in total. The summed E-state index contributed by atoms with van der Waals surface area (Å²) >= 11 is 1.72. The predicted molar refractivity (Wildman–Crippen MR) is 108 cm³/mol. The van der Waals surface area contributed by atoms with E-state index < -0.39 is 0 Å². The van der Waals surface area contributed by atoms with Crippen molar-refractivity contribution >= 4 is 23.4 Å². The summed E-state index contributed by atoms with van der Waals surface area (Å²) < 4.78 is 2.17. The number of aromatic nitrogens is 2. The minimum absolute atomic E-state index is 0.0987. The highest BCUT2D eigenvalue weighted by molar-refractivity contribution is 7.99. The quantitative estimate of drug-likeness (QED) is 0.581. The zero-order chi connectivity index (χ0) is 18.5. The van der Waals surface area contributed by atoms with Crippen LogP contribution in [0.4, 0.5) is 5.69 Å². The van der Waals surface area contributed by atoms with Crippen LogP contribution in [0.25, 0.3) is 0 Å². The summed E-state index contributed by atoms with van der Waals surface area (Å²) in [4.78, 5) is 16.8. The van der Waals surface area contributed by atoms with Crippen LogP contribution in [0.2, 0.25) is 0 Å². The highest BCUT2D eigenvalue weighted by Gasteiger charge is 2.14. The highest BCUT2D eigenvalue weighted by atomic mass is 32.2. The number of rotatable bonds is 6. The Balaban J connectivity index is 1.72. The molecule has 3 rings (SSSR count). The molecule has 134 valence electrons. The fourth-order valence-electron chi connectivity index (χ4n) is 2.67. The molecule has 0 aliphatic carbocycles. The fraction of sp³-hybridized carbons (Fsp3) is 0.238. The first-order valence-corrected chi connectivity index (χ1v) is 9.58. The summed E-state index contributed by atoms with van der Waals surface area (Å²) in [6, 6.07) is 17.6. The number of hydrogen-bond acceptors (Lipinski definition) is 3. The third kappa shape index (κ3) is 4.35. The van der Waals surface area contributed by atoms with Crippen molar-refractivity contribution in [3.05, 3.63) is 78.1 Å². The second-order valence-corrected chi connectivity index (χ2v) is 7.72. The van der Waals surface area contributed by atoms with Crippen molar-refractivity contribution in [1.29, 1.82) is 0 Å². The Bertz CT molecular complexity index is 874. The standard InChI is InChI=1S/C21H23N3OS/c1-15(2)24-13-12-22-21(24)26-16(3)18-10-7-11-19(14-18)23-20(25)17-8-5-4-6-9-17/h4-16H,1-3H3,(H,23,25). The van der Waals surface area contributed by atoms with Gasteiger partial charge in [0.15, 0.2) is 5.16 Å². The van der Waals surface area contributed by atoms with Crippen molar-refractivity contribution in [2.75, 3.05) is 5.32 Å². The average molecular weight is 366 g/mol. The third-order valence-electron chi connectivity index (χ3n) is 4.12. The lowest BCUT2D eigenvalue weighted by molar-refractivity contribution is 0.102. The van der Waals surface area contributed by atoms with Gasteiger partial charge in [0, 0.05) is 34.9 Å². The first kappa shape index (κ1) is 18.3. The van der Waals surface area contributed by atoms with E-state index in [4.69, 9.17) is 0 Å². The smallest absolute Gasteiger partial charge is 0.255 e. The molecule has 0 aliphatic rings. The molecule has 1 unspecified atom stereocenters. The second kappa shape index (κ2) is 8.23. The van der Waals surface area contributed by atoms with Crippen LogP contribution in [0.3, 0.4) is 0 Å². The van der Waals surface area contributed by atoms with Gasteiger partial charge in [0.1, 0.15) is 0 Å². The summed E-state index contributed by atoms with van der Waals surface area (Å²) in [6.07, 6.45) is 3.85. The first-order valence-electron chi connectivity index (χ1n) is 8.70. The second-order valence-electron chi connectivity index (χ2n) is 6.42. The number of carbonyl (C=O) groups excluding carboxylic acids is 1. The molecule has 5 heteroatoms. The molecule has 0 spiro atoms. The van der Waals surface area contributed by atoms with Gasteiger partial charge >= 0.3 is 0 Å². The summed E-state index contributed by atoms with van der Waals surface area (Å²) in [5.41, 5.74) is 2.61. The number of thioether (sulfide) groups is 1. The molecular formula is C21H23N3OS. The molecule has 4 nitrogen and oxygen atoms in total. The van der Waals surface area contributed by atoms with E-state index in [0.29, 0.717) is 11.6 Å². The molecule has 0 saturated carbocycles. The van der Waals surface area contributed by atoms with Crippen LogP contribution in [-0.2, 0) is 0 Å². The van der Waals surface area contributed by atoms with E-state index in [1.54, 1.807) is 11.8 Å². The van der Waals surface area contributed by atoms with Crippen LogP contribution in [0.5, 0.6) is 0 Å². The maximum Gasteiger partial charge on any atom is 0.255 e. The fourth-order valence-corrected chi connectivity index (χ4v) is 3.79. The number of nitrogens with one attached hydrogen (secondary N) is 1. The number of carbonyl (C=O) groups is 1. The van der Waals surface area contributed by atoms with Crippen LogP contribution in [0, 0.1) is 0 Å². The van der Waals surface area contributed by atoms with Crippen LogP contribution in [-0.4, -0.2) is 15.5 Å². The van der Waals surface area contributed by atoms with Crippen molar-refractivity contribution in [1.82, 2.24) is 9.55 Å². The Morgan fingerprint density at radius 2 is 1.85 bits per heavy atom. The monoisotopic (exact) mass is 365 g/mol. The zero-order valence-electron chi connectivity index (χ0n) is 15.2. The van der Waals surface area contributed by atoms with Gasteiger partial charge < -0.3 is 9.88 Å². The molecule has 1 aromatic heterocycles. The van der Waals surface area contributed by atoms with E-state index >= 15 is 0 Å². The number of imidazole rings is 1. The number of anilines is 1. The van der Waals surface area contributed by atoms with Crippen molar-refractivity contribution in [2.45, 2.75) is 37.2 Å². The third-order valence-corrected chi connectivity index (χ3v) is 5.27. The number of benzene rings is 2. The van der Waals surface area contributed by atoms with E-state index in [0.717, 1.165) is 16.4 Å². The van der Waals surface area contributed by atoms with Gasteiger partial charge in [-0.25, -0.2) is 4.98 Å².